The van der Waals surface area contributed by atoms with E-state index in [1.807, 2.05) is 6.92 Å². The standard InChI is InChI=1S/C8H9ClN4/c1-2-7-11-12-8-5(10)3-4-6(9)13(7)8/h3-4H,2,10H2,1H3. The average molecular weight is 197 g/mol. The van der Waals surface area contributed by atoms with Gasteiger partial charge in [0.15, 0.2) is 5.65 Å². The fraction of sp³-hybridized carbons (Fsp3) is 0.250. The lowest BCUT2D eigenvalue weighted by atomic mass is 10.4. The third kappa shape index (κ3) is 1.14. The normalized spacial score (nSPS) is 10.9. The molecule has 0 atom stereocenters. The van der Waals surface area contributed by atoms with E-state index in [0.29, 0.717) is 16.5 Å². The summed E-state index contributed by atoms with van der Waals surface area (Å²) in [5.41, 5.74) is 6.93. The van der Waals surface area contributed by atoms with E-state index in [1.165, 1.54) is 0 Å². The second-order valence-electron chi connectivity index (χ2n) is 2.74. The van der Waals surface area contributed by atoms with Crippen molar-refractivity contribution in [3.05, 3.63) is 23.1 Å². The van der Waals surface area contributed by atoms with E-state index in [1.54, 1.807) is 16.5 Å². The lowest BCUT2D eigenvalue weighted by molar-refractivity contribution is 0.910. The first-order valence-corrected chi connectivity index (χ1v) is 4.39. The lowest BCUT2D eigenvalue weighted by Crippen LogP contribution is -1.96. The fourth-order valence-corrected chi connectivity index (χ4v) is 1.51. The summed E-state index contributed by atoms with van der Waals surface area (Å²) in [4.78, 5) is 0. The van der Waals surface area contributed by atoms with Gasteiger partial charge in [-0.05, 0) is 12.1 Å². The molecule has 2 heterocycles. The first kappa shape index (κ1) is 8.31. The van der Waals surface area contributed by atoms with E-state index in [2.05, 4.69) is 10.2 Å². The first-order chi connectivity index (χ1) is 6.24. The number of pyridine rings is 1. The third-order valence-electron chi connectivity index (χ3n) is 1.92. The molecule has 0 aliphatic carbocycles. The highest BCUT2D eigenvalue weighted by Crippen LogP contribution is 2.19. The van der Waals surface area contributed by atoms with Gasteiger partial charge in [0.05, 0.1) is 5.69 Å². The highest BCUT2D eigenvalue weighted by molar-refractivity contribution is 6.29. The number of nitrogens with two attached hydrogens (primary N) is 1. The number of hydrogen-bond donors (Lipinski definition) is 1. The van der Waals surface area contributed by atoms with E-state index in [0.717, 1.165) is 12.2 Å². The second kappa shape index (κ2) is 2.88. The molecule has 2 N–H and O–H groups in total. The Bertz CT molecular complexity index is 449. The van der Waals surface area contributed by atoms with Crippen molar-refractivity contribution in [1.29, 1.82) is 0 Å². The first-order valence-electron chi connectivity index (χ1n) is 4.02. The zero-order chi connectivity index (χ0) is 9.42. The molecule has 13 heavy (non-hydrogen) atoms. The number of aryl methyl sites for hydroxylation is 1. The molecule has 0 amide bonds. The molecule has 4 nitrogen and oxygen atoms in total. The van der Waals surface area contributed by atoms with Gasteiger partial charge in [-0.15, -0.1) is 10.2 Å². The monoisotopic (exact) mass is 196 g/mol. The van der Waals surface area contributed by atoms with Crippen LogP contribution in [0.2, 0.25) is 5.15 Å². The third-order valence-corrected chi connectivity index (χ3v) is 2.21. The van der Waals surface area contributed by atoms with Gasteiger partial charge >= 0.3 is 0 Å². The minimum atomic E-state index is 0.589. The van der Waals surface area contributed by atoms with Gasteiger partial charge in [0.2, 0.25) is 0 Å². The quantitative estimate of drug-likeness (QED) is 0.704. The summed E-state index contributed by atoms with van der Waals surface area (Å²) in [5.74, 6) is 0.826. The molecule has 68 valence electrons. The average Bonchev–Trinajstić information content (AvgIpc) is 2.56. The Morgan fingerprint density at radius 1 is 1.46 bits per heavy atom. The highest BCUT2D eigenvalue weighted by atomic mass is 35.5. The van der Waals surface area contributed by atoms with Crippen molar-refractivity contribution in [3.63, 3.8) is 0 Å². The Labute approximate surface area is 80.3 Å². The van der Waals surface area contributed by atoms with Crippen LogP contribution in [0, 0.1) is 0 Å². The maximum Gasteiger partial charge on any atom is 0.185 e. The maximum atomic E-state index is 5.98. The molecule has 0 aliphatic rings. The topological polar surface area (TPSA) is 56.2 Å². The molecular formula is C8H9ClN4. The Hall–Kier alpha value is -1.29. The van der Waals surface area contributed by atoms with Crippen molar-refractivity contribution in [2.24, 2.45) is 0 Å². The van der Waals surface area contributed by atoms with Crippen molar-refractivity contribution >= 4 is 22.9 Å². The van der Waals surface area contributed by atoms with E-state index in [9.17, 15) is 0 Å². The van der Waals surface area contributed by atoms with Crippen molar-refractivity contribution in [2.45, 2.75) is 13.3 Å². The number of hydrogen-bond acceptors (Lipinski definition) is 3. The van der Waals surface area contributed by atoms with Gasteiger partial charge in [-0.1, -0.05) is 18.5 Å². The van der Waals surface area contributed by atoms with Gasteiger partial charge in [-0.3, -0.25) is 4.40 Å². The van der Waals surface area contributed by atoms with Crippen LogP contribution in [0.4, 0.5) is 5.69 Å². The van der Waals surface area contributed by atoms with Gasteiger partial charge in [0.1, 0.15) is 11.0 Å². The Morgan fingerprint density at radius 2 is 2.23 bits per heavy atom. The molecule has 2 aromatic rings. The van der Waals surface area contributed by atoms with Gasteiger partial charge < -0.3 is 5.73 Å². The molecule has 2 aromatic heterocycles. The Morgan fingerprint density at radius 3 is 2.92 bits per heavy atom. The van der Waals surface area contributed by atoms with E-state index >= 15 is 0 Å². The number of aromatic nitrogens is 3. The van der Waals surface area contributed by atoms with Crippen LogP contribution in [-0.2, 0) is 6.42 Å². The van der Waals surface area contributed by atoms with Crippen LogP contribution in [0.3, 0.4) is 0 Å². The predicted octanol–water partition coefficient (Wildman–Crippen LogP) is 1.53. The summed E-state index contributed by atoms with van der Waals surface area (Å²) in [6.07, 6.45) is 0.782. The molecule has 0 radical (unpaired) electrons. The molecule has 0 bridgehead atoms. The molecule has 0 aliphatic heterocycles. The fourth-order valence-electron chi connectivity index (χ4n) is 1.26. The van der Waals surface area contributed by atoms with Crippen LogP contribution in [0.15, 0.2) is 12.1 Å². The molecule has 5 heteroatoms. The number of nitrogens with zero attached hydrogens (tertiary/aromatic N) is 3. The number of nitrogen functional groups attached to an aromatic ring is 1. The lowest BCUT2D eigenvalue weighted by Gasteiger charge is -2.01. The van der Waals surface area contributed by atoms with E-state index in [-0.39, 0.29) is 0 Å². The van der Waals surface area contributed by atoms with Gasteiger partial charge in [0, 0.05) is 6.42 Å². The summed E-state index contributed by atoms with van der Waals surface area (Å²) >= 11 is 5.98. The smallest absolute Gasteiger partial charge is 0.185 e. The Balaban J connectivity index is 2.87. The number of halogens is 1. The minimum absolute atomic E-state index is 0.589. The summed E-state index contributed by atoms with van der Waals surface area (Å²) in [6, 6.07) is 3.47. The maximum absolute atomic E-state index is 5.98. The van der Waals surface area contributed by atoms with Crippen molar-refractivity contribution in [2.75, 3.05) is 5.73 Å². The van der Waals surface area contributed by atoms with Crippen LogP contribution >= 0.6 is 11.6 Å². The number of anilines is 1. The molecule has 0 fully saturated rings. The highest BCUT2D eigenvalue weighted by Gasteiger charge is 2.08. The summed E-state index contributed by atoms with van der Waals surface area (Å²) in [5, 5.41) is 8.53. The molecule has 0 aromatic carbocycles. The molecule has 0 spiro atoms. The largest absolute Gasteiger partial charge is 0.396 e. The zero-order valence-electron chi connectivity index (χ0n) is 7.16. The molecular weight excluding hydrogens is 188 g/mol. The second-order valence-corrected chi connectivity index (χ2v) is 3.13. The summed E-state index contributed by atoms with van der Waals surface area (Å²) < 4.78 is 1.76. The van der Waals surface area contributed by atoms with Crippen molar-refractivity contribution in [1.82, 2.24) is 14.6 Å². The van der Waals surface area contributed by atoms with Crippen LogP contribution in [0.25, 0.3) is 5.65 Å². The van der Waals surface area contributed by atoms with Gasteiger partial charge in [0.25, 0.3) is 0 Å². The summed E-state index contributed by atoms with van der Waals surface area (Å²) in [6.45, 7) is 2.00. The SMILES string of the molecule is CCc1nnc2c(N)ccc(Cl)n12. The Kier molecular flexibility index (Phi) is 1.84. The van der Waals surface area contributed by atoms with E-state index < -0.39 is 0 Å². The van der Waals surface area contributed by atoms with Gasteiger partial charge in [-0.2, -0.15) is 0 Å². The molecule has 0 saturated heterocycles. The number of rotatable bonds is 1. The summed E-state index contributed by atoms with van der Waals surface area (Å²) in [7, 11) is 0. The van der Waals surface area contributed by atoms with E-state index in [4.69, 9.17) is 17.3 Å². The minimum Gasteiger partial charge on any atom is -0.396 e. The van der Waals surface area contributed by atoms with Gasteiger partial charge in [-0.25, -0.2) is 0 Å². The van der Waals surface area contributed by atoms with Crippen LogP contribution in [-0.4, -0.2) is 14.6 Å². The van der Waals surface area contributed by atoms with Crippen LogP contribution in [0.1, 0.15) is 12.7 Å². The van der Waals surface area contributed by atoms with Crippen LogP contribution in [0.5, 0.6) is 0 Å². The number of fused-ring (bicyclic) bond motifs is 1. The zero-order valence-corrected chi connectivity index (χ0v) is 7.91. The predicted molar refractivity (Wildman–Crippen MR) is 51.8 cm³/mol. The molecule has 0 saturated carbocycles. The van der Waals surface area contributed by atoms with Crippen molar-refractivity contribution in [3.8, 4) is 0 Å². The van der Waals surface area contributed by atoms with Crippen LogP contribution < -0.4 is 5.73 Å². The molecule has 0 unspecified atom stereocenters. The van der Waals surface area contributed by atoms with Crippen molar-refractivity contribution < 1.29 is 0 Å². The molecule has 2 rings (SSSR count).